The molecule has 3 rings (SSSR count). The van der Waals surface area contributed by atoms with E-state index in [2.05, 4.69) is 29.9 Å². The molecule has 2 unspecified atom stereocenters. The molecule has 0 amide bonds. The minimum atomic E-state index is -4.81. The van der Waals surface area contributed by atoms with Crippen LogP contribution in [-0.2, 0) is 31.9 Å². The Bertz CT molecular complexity index is 1330. The van der Waals surface area contributed by atoms with Gasteiger partial charge in [-0.3, -0.25) is 9.36 Å². The van der Waals surface area contributed by atoms with Crippen LogP contribution in [0.5, 0.6) is 5.75 Å². The normalized spacial score (nSPS) is 14.6. The van der Waals surface area contributed by atoms with Gasteiger partial charge >= 0.3 is 12.3 Å². The van der Waals surface area contributed by atoms with Crippen LogP contribution >= 0.6 is 7.44 Å². The Morgan fingerprint density at radius 1 is 1.18 bits per heavy atom. The van der Waals surface area contributed by atoms with Crippen molar-refractivity contribution in [2.45, 2.75) is 65.2 Å². The number of fused-ring (bicyclic) bond motifs is 1. The van der Waals surface area contributed by atoms with Gasteiger partial charge in [-0.25, -0.2) is 25.1 Å². The lowest BCUT2D eigenvalue weighted by Crippen LogP contribution is -2.48. The topological polar surface area (TPSA) is 156 Å². The Labute approximate surface area is 229 Å². The Morgan fingerprint density at radius 2 is 1.88 bits per heavy atom. The van der Waals surface area contributed by atoms with Gasteiger partial charge in [0.05, 0.1) is 25.6 Å². The molecule has 4 N–H and O–H groups in total. The molecule has 40 heavy (non-hydrogen) atoms. The molecule has 0 saturated heterocycles. The molecule has 3 aromatic rings. The number of hydrogen-bond donors (Lipinski definition) is 3. The number of imidazole rings is 1. The third kappa shape index (κ3) is 8.88. The van der Waals surface area contributed by atoms with Crippen LogP contribution < -0.4 is 20.6 Å². The van der Waals surface area contributed by atoms with Gasteiger partial charge in [0.2, 0.25) is 7.44 Å². The maximum absolute atomic E-state index is 14.0. The van der Waals surface area contributed by atoms with E-state index in [1.54, 1.807) is 17.8 Å². The smallest absolute Gasteiger partial charge is 0.464 e. The number of nitrogens with one attached hydrogen (secondary N) is 2. The molecule has 0 aliphatic carbocycles. The second kappa shape index (κ2) is 12.9. The quantitative estimate of drug-likeness (QED) is 0.185. The van der Waals surface area contributed by atoms with E-state index in [1.807, 2.05) is 6.92 Å². The molecular formula is C24H33F3N7O5P. The summed E-state index contributed by atoms with van der Waals surface area (Å²) in [5, 5.41) is 5.75. The van der Waals surface area contributed by atoms with Gasteiger partial charge in [-0.1, -0.05) is 19.1 Å². The number of hydrogen-bond acceptors (Lipinski definition) is 9. The number of carbonyl (C=O) groups is 1. The number of nitrogen functional groups attached to an aromatic ring is 1. The lowest BCUT2D eigenvalue weighted by atomic mass is 10.1. The van der Waals surface area contributed by atoms with Gasteiger partial charge in [0.15, 0.2) is 11.5 Å². The zero-order valence-corrected chi connectivity index (χ0v) is 23.5. The van der Waals surface area contributed by atoms with Crippen molar-refractivity contribution in [2.24, 2.45) is 0 Å². The lowest BCUT2D eigenvalue weighted by molar-refractivity contribution is -0.274. The van der Waals surface area contributed by atoms with Crippen LogP contribution in [-0.4, -0.2) is 56.4 Å². The van der Waals surface area contributed by atoms with Gasteiger partial charge in [0, 0.05) is 6.54 Å². The molecule has 0 aliphatic rings. The molecule has 1 aromatic carbocycles. The van der Waals surface area contributed by atoms with Crippen LogP contribution in [0.25, 0.3) is 11.2 Å². The van der Waals surface area contributed by atoms with E-state index in [0.717, 1.165) is 12.1 Å². The van der Waals surface area contributed by atoms with Crippen molar-refractivity contribution in [1.29, 1.82) is 0 Å². The maximum Gasteiger partial charge on any atom is 0.573 e. The van der Waals surface area contributed by atoms with E-state index in [1.165, 1.54) is 32.3 Å². The number of aromatic nitrogens is 4. The second-order valence-corrected chi connectivity index (χ2v) is 11.9. The number of carbonyl (C=O) groups excluding carboxylic acids is 1. The van der Waals surface area contributed by atoms with Crippen molar-refractivity contribution in [3.8, 4) is 5.75 Å². The average Bonchev–Trinajstić information content (AvgIpc) is 3.28. The number of halogens is 3. The van der Waals surface area contributed by atoms with E-state index in [-0.39, 0.29) is 31.1 Å². The molecule has 2 atom stereocenters. The van der Waals surface area contributed by atoms with E-state index in [9.17, 15) is 22.5 Å². The highest BCUT2D eigenvalue weighted by atomic mass is 31.2. The summed E-state index contributed by atoms with van der Waals surface area (Å²) in [6.07, 6.45) is -2.12. The summed E-state index contributed by atoms with van der Waals surface area (Å²) in [5.74, 6) is -0.737. The van der Waals surface area contributed by atoms with E-state index < -0.39 is 31.4 Å². The first-order valence-electron chi connectivity index (χ1n) is 12.4. The Hall–Kier alpha value is -3.26. The van der Waals surface area contributed by atoms with Crippen LogP contribution in [0.1, 0.15) is 39.7 Å². The monoisotopic (exact) mass is 587 g/mol. The van der Waals surface area contributed by atoms with Crippen LogP contribution in [0.2, 0.25) is 0 Å². The van der Waals surface area contributed by atoms with Gasteiger partial charge in [-0.05, 0) is 44.9 Å². The summed E-state index contributed by atoms with van der Waals surface area (Å²) in [5.41, 5.74) is 5.98. The van der Waals surface area contributed by atoms with Crippen molar-refractivity contribution in [3.63, 3.8) is 0 Å². The first kappa shape index (κ1) is 31.3. The largest absolute Gasteiger partial charge is 0.573 e. The van der Waals surface area contributed by atoms with Gasteiger partial charge in [-0.15, -0.1) is 13.2 Å². The second-order valence-electron chi connectivity index (χ2n) is 9.57. The number of alkyl halides is 3. The van der Waals surface area contributed by atoms with Crippen molar-refractivity contribution in [1.82, 2.24) is 29.7 Å². The molecular weight excluding hydrogens is 554 g/mol. The van der Waals surface area contributed by atoms with Crippen LogP contribution in [0.3, 0.4) is 0 Å². The summed E-state index contributed by atoms with van der Waals surface area (Å²) >= 11 is 0. The fraction of sp³-hybridized carbons (Fsp3) is 0.500. The van der Waals surface area contributed by atoms with Crippen molar-refractivity contribution >= 4 is 30.4 Å². The predicted molar refractivity (Wildman–Crippen MR) is 141 cm³/mol. The molecule has 12 nitrogen and oxygen atoms in total. The summed E-state index contributed by atoms with van der Waals surface area (Å²) in [6, 6.07) is 5.11. The molecule has 0 aliphatic heterocycles. The first-order valence-corrected chi connectivity index (χ1v) is 14.3. The Morgan fingerprint density at radius 3 is 2.52 bits per heavy atom. The molecule has 16 heteroatoms. The summed E-state index contributed by atoms with van der Waals surface area (Å²) < 4.78 is 68.2. The number of ether oxygens (including phenoxy) is 3. The first-order chi connectivity index (χ1) is 18.7. The van der Waals surface area contributed by atoms with E-state index in [0.29, 0.717) is 29.7 Å². The molecule has 0 spiro atoms. The fourth-order valence-corrected chi connectivity index (χ4v) is 5.74. The molecule has 2 heterocycles. The van der Waals surface area contributed by atoms with E-state index >= 15 is 0 Å². The van der Waals surface area contributed by atoms with Crippen molar-refractivity contribution in [2.75, 3.05) is 18.7 Å². The van der Waals surface area contributed by atoms with Crippen molar-refractivity contribution in [3.05, 3.63) is 42.5 Å². The average molecular weight is 588 g/mol. The molecule has 220 valence electrons. The molecule has 0 radical (unpaired) electrons. The Kier molecular flexibility index (Phi) is 10.1. The fourth-order valence-electron chi connectivity index (χ4n) is 3.61. The minimum Gasteiger partial charge on any atom is -0.464 e. The van der Waals surface area contributed by atoms with Crippen LogP contribution in [0.4, 0.5) is 19.0 Å². The number of rotatable bonds is 14. The third-order valence-corrected chi connectivity index (χ3v) is 7.63. The van der Waals surface area contributed by atoms with Gasteiger partial charge in [0.1, 0.15) is 29.5 Å². The number of benzene rings is 1. The molecule has 0 bridgehead atoms. The zero-order chi connectivity index (χ0) is 29.6. The van der Waals surface area contributed by atoms with Gasteiger partial charge in [-0.2, -0.15) is 0 Å². The summed E-state index contributed by atoms with van der Waals surface area (Å²) in [7, 11) is -3.64. The minimum absolute atomic E-state index is 0.00322. The number of nitrogens with two attached hydrogens (primary N) is 1. The molecule has 0 fully saturated rings. The molecule has 0 saturated carbocycles. The number of anilines is 1. The summed E-state index contributed by atoms with van der Waals surface area (Å²) in [6.45, 7) is 7.19. The SMILES string of the molecule is CCCOC(=O)C(C)(C)NP(=O)(COC(C)Cn1cnc2c(N)ncnc21)NCc1ccc(OC(F)(F)F)cc1. The highest BCUT2D eigenvalue weighted by molar-refractivity contribution is 7.59. The predicted octanol–water partition coefficient (Wildman–Crippen LogP) is 3.97. The maximum atomic E-state index is 14.0. The number of nitrogens with zero attached hydrogens (tertiary/aromatic N) is 4. The molecule has 2 aromatic heterocycles. The van der Waals surface area contributed by atoms with Crippen LogP contribution in [0, 0.1) is 0 Å². The zero-order valence-electron chi connectivity index (χ0n) is 22.6. The standard InChI is InChI=1S/C24H33F3N7O5P/c1-5-10-37-22(35)23(3,4)33-40(36,32-11-17-6-8-18(9-7-17)39-24(25,26)27)15-38-16(2)12-34-14-31-19-20(28)29-13-30-21(19)34/h6-9,13-14,16H,5,10-12,15H2,1-4H3,(H2,28,29,30)(H2,32,33,36). The van der Waals surface area contributed by atoms with E-state index in [4.69, 9.17) is 15.2 Å². The third-order valence-electron chi connectivity index (χ3n) is 5.53. The number of esters is 1. The highest BCUT2D eigenvalue weighted by Gasteiger charge is 2.37. The Balaban J connectivity index is 1.71. The van der Waals surface area contributed by atoms with Gasteiger partial charge in [0.25, 0.3) is 0 Å². The van der Waals surface area contributed by atoms with Crippen LogP contribution in [0.15, 0.2) is 36.9 Å². The van der Waals surface area contributed by atoms with Gasteiger partial charge < -0.3 is 24.5 Å². The lowest BCUT2D eigenvalue weighted by Gasteiger charge is -2.31. The summed E-state index contributed by atoms with van der Waals surface area (Å²) in [4.78, 5) is 24.9. The highest BCUT2D eigenvalue weighted by Crippen LogP contribution is 2.40. The van der Waals surface area contributed by atoms with Crippen molar-refractivity contribution < 1.29 is 36.7 Å².